The quantitative estimate of drug-likeness (QED) is 0.893. The van der Waals surface area contributed by atoms with Crippen molar-refractivity contribution in [2.75, 3.05) is 0 Å². The molecule has 6 heteroatoms. The van der Waals surface area contributed by atoms with E-state index in [9.17, 15) is 18.3 Å². The molecule has 0 amide bonds. The minimum Gasteiger partial charge on any atom is -0.383 e. The van der Waals surface area contributed by atoms with Gasteiger partial charge in [0.05, 0.1) is 11.3 Å². The standard InChI is InChI=1S/C20H21F3N2O/c21-20(22,23)15-6-9-18(24-12-15)19(26)10-16-7-8-17(11-19)25(16)13-14-4-2-1-3-5-14/h1-6,9,12,16-17,26H,7-8,10-11,13H2. The Balaban J connectivity index is 1.52. The first kappa shape index (κ1) is 17.5. The Hall–Kier alpha value is -1.92. The monoisotopic (exact) mass is 362 g/mol. The molecule has 0 spiro atoms. The predicted molar refractivity (Wildman–Crippen MR) is 91.2 cm³/mol. The van der Waals surface area contributed by atoms with Crippen LogP contribution in [0.2, 0.25) is 0 Å². The van der Waals surface area contributed by atoms with Crippen molar-refractivity contribution in [1.29, 1.82) is 0 Å². The lowest BCUT2D eigenvalue weighted by molar-refractivity contribution is -0.138. The number of aromatic nitrogens is 1. The Labute approximate surface area is 150 Å². The van der Waals surface area contributed by atoms with Crippen LogP contribution in [-0.2, 0) is 18.3 Å². The van der Waals surface area contributed by atoms with Crippen LogP contribution in [0.5, 0.6) is 0 Å². The predicted octanol–water partition coefficient (Wildman–Crippen LogP) is 4.12. The van der Waals surface area contributed by atoms with Crippen molar-refractivity contribution in [3.8, 4) is 0 Å². The zero-order valence-electron chi connectivity index (χ0n) is 14.3. The van der Waals surface area contributed by atoms with Gasteiger partial charge in [0.15, 0.2) is 0 Å². The SMILES string of the molecule is OC1(c2ccc(C(F)(F)F)cn2)CC2CCC(C1)N2Cc1ccccc1. The maximum atomic E-state index is 12.7. The fourth-order valence-electron chi connectivity index (χ4n) is 4.41. The lowest BCUT2D eigenvalue weighted by Crippen LogP contribution is -2.49. The summed E-state index contributed by atoms with van der Waals surface area (Å²) in [6.07, 6.45) is -0.567. The molecule has 2 aliphatic heterocycles. The van der Waals surface area contributed by atoms with Gasteiger partial charge in [0.1, 0.15) is 5.60 Å². The molecule has 2 fully saturated rings. The van der Waals surface area contributed by atoms with E-state index in [-0.39, 0.29) is 12.1 Å². The zero-order chi connectivity index (χ0) is 18.4. The van der Waals surface area contributed by atoms with Gasteiger partial charge in [-0.1, -0.05) is 30.3 Å². The van der Waals surface area contributed by atoms with E-state index in [0.717, 1.165) is 31.6 Å². The van der Waals surface area contributed by atoms with Crippen molar-refractivity contribution in [2.24, 2.45) is 0 Å². The van der Waals surface area contributed by atoms with E-state index in [2.05, 4.69) is 22.0 Å². The number of fused-ring (bicyclic) bond motifs is 2. The molecule has 2 saturated heterocycles. The normalized spacial score (nSPS) is 29.1. The van der Waals surface area contributed by atoms with Crippen LogP contribution in [0.25, 0.3) is 0 Å². The first-order valence-electron chi connectivity index (χ1n) is 8.91. The third-order valence-electron chi connectivity index (χ3n) is 5.69. The largest absolute Gasteiger partial charge is 0.417 e. The zero-order valence-corrected chi connectivity index (χ0v) is 14.3. The highest BCUT2D eigenvalue weighted by atomic mass is 19.4. The van der Waals surface area contributed by atoms with Crippen LogP contribution in [-0.4, -0.2) is 27.1 Å². The van der Waals surface area contributed by atoms with Crippen molar-refractivity contribution in [1.82, 2.24) is 9.88 Å². The van der Waals surface area contributed by atoms with Crippen molar-refractivity contribution >= 4 is 0 Å². The molecule has 3 heterocycles. The van der Waals surface area contributed by atoms with Crippen molar-refractivity contribution in [2.45, 2.75) is 56.1 Å². The molecule has 1 N–H and O–H groups in total. The third kappa shape index (κ3) is 3.23. The molecule has 0 aliphatic carbocycles. The maximum absolute atomic E-state index is 12.7. The number of pyridine rings is 1. The highest BCUT2D eigenvalue weighted by Crippen LogP contribution is 2.46. The molecular weight excluding hydrogens is 341 g/mol. The van der Waals surface area contributed by atoms with E-state index in [0.29, 0.717) is 18.5 Å². The van der Waals surface area contributed by atoms with Gasteiger partial charge in [-0.25, -0.2) is 0 Å². The smallest absolute Gasteiger partial charge is 0.383 e. The Morgan fingerprint density at radius 3 is 2.23 bits per heavy atom. The van der Waals surface area contributed by atoms with Crippen molar-refractivity contribution in [3.63, 3.8) is 0 Å². The first-order valence-corrected chi connectivity index (χ1v) is 8.91. The van der Waals surface area contributed by atoms with E-state index in [1.54, 1.807) is 0 Å². The molecule has 4 rings (SSSR count). The lowest BCUT2D eigenvalue weighted by Gasteiger charge is -2.43. The Kier molecular flexibility index (Phi) is 4.28. The average Bonchev–Trinajstić information content (AvgIpc) is 2.86. The molecule has 138 valence electrons. The second-order valence-electron chi connectivity index (χ2n) is 7.41. The summed E-state index contributed by atoms with van der Waals surface area (Å²) in [4.78, 5) is 6.38. The Morgan fingerprint density at radius 2 is 1.69 bits per heavy atom. The van der Waals surface area contributed by atoms with Crippen LogP contribution in [0.4, 0.5) is 13.2 Å². The number of benzene rings is 1. The van der Waals surface area contributed by atoms with E-state index < -0.39 is 17.3 Å². The van der Waals surface area contributed by atoms with Gasteiger partial charge in [-0.3, -0.25) is 9.88 Å². The van der Waals surface area contributed by atoms with Crippen LogP contribution < -0.4 is 0 Å². The van der Waals surface area contributed by atoms with Gasteiger partial charge in [0.25, 0.3) is 0 Å². The van der Waals surface area contributed by atoms with Gasteiger partial charge >= 0.3 is 6.18 Å². The molecule has 2 aromatic rings. The number of nitrogens with zero attached hydrogens (tertiary/aromatic N) is 2. The number of aliphatic hydroxyl groups is 1. The van der Waals surface area contributed by atoms with Crippen LogP contribution in [0.15, 0.2) is 48.7 Å². The van der Waals surface area contributed by atoms with Crippen molar-refractivity contribution in [3.05, 3.63) is 65.5 Å². The molecule has 2 aliphatic rings. The molecule has 26 heavy (non-hydrogen) atoms. The van der Waals surface area contributed by atoms with Gasteiger partial charge in [-0.2, -0.15) is 13.2 Å². The highest BCUT2D eigenvalue weighted by molar-refractivity contribution is 5.23. The van der Waals surface area contributed by atoms with Crippen LogP contribution in [0.1, 0.15) is 42.5 Å². The number of alkyl halides is 3. The topological polar surface area (TPSA) is 36.4 Å². The van der Waals surface area contributed by atoms with E-state index in [4.69, 9.17) is 0 Å². The van der Waals surface area contributed by atoms with Crippen LogP contribution in [0, 0.1) is 0 Å². The van der Waals surface area contributed by atoms with Gasteiger partial charge in [-0.05, 0) is 43.4 Å². The maximum Gasteiger partial charge on any atom is 0.417 e. The molecular formula is C20H21F3N2O. The molecule has 2 atom stereocenters. The number of piperidine rings is 1. The summed E-state index contributed by atoms with van der Waals surface area (Å²) in [6, 6.07) is 13.0. The number of halogens is 3. The Bertz CT molecular complexity index is 747. The summed E-state index contributed by atoms with van der Waals surface area (Å²) >= 11 is 0. The van der Waals surface area contributed by atoms with E-state index in [1.165, 1.54) is 11.6 Å². The molecule has 3 nitrogen and oxygen atoms in total. The highest BCUT2D eigenvalue weighted by Gasteiger charge is 2.49. The Morgan fingerprint density at radius 1 is 1.04 bits per heavy atom. The second-order valence-corrected chi connectivity index (χ2v) is 7.41. The van der Waals surface area contributed by atoms with Gasteiger partial charge < -0.3 is 5.11 Å². The average molecular weight is 362 g/mol. The first-order chi connectivity index (χ1) is 12.4. The molecule has 0 radical (unpaired) electrons. The summed E-state index contributed by atoms with van der Waals surface area (Å²) < 4.78 is 38.2. The van der Waals surface area contributed by atoms with Crippen molar-refractivity contribution < 1.29 is 18.3 Å². The van der Waals surface area contributed by atoms with Gasteiger partial charge in [-0.15, -0.1) is 0 Å². The fraction of sp³-hybridized carbons (Fsp3) is 0.450. The van der Waals surface area contributed by atoms with Crippen LogP contribution >= 0.6 is 0 Å². The molecule has 0 saturated carbocycles. The molecule has 2 bridgehead atoms. The summed E-state index contributed by atoms with van der Waals surface area (Å²) in [5, 5.41) is 11.1. The minimum atomic E-state index is -4.41. The van der Waals surface area contributed by atoms with E-state index in [1.807, 2.05) is 18.2 Å². The summed E-state index contributed by atoms with van der Waals surface area (Å²) in [7, 11) is 0. The summed E-state index contributed by atoms with van der Waals surface area (Å²) in [5.74, 6) is 0. The van der Waals surface area contributed by atoms with Gasteiger partial charge in [0, 0.05) is 24.8 Å². The van der Waals surface area contributed by atoms with Crippen LogP contribution in [0.3, 0.4) is 0 Å². The van der Waals surface area contributed by atoms with E-state index >= 15 is 0 Å². The third-order valence-corrected chi connectivity index (χ3v) is 5.69. The number of rotatable bonds is 3. The molecule has 1 aromatic carbocycles. The fourth-order valence-corrected chi connectivity index (χ4v) is 4.41. The molecule has 1 aromatic heterocycles. The number of hydrogen-bond donors (Lipinski definition) is 1. The molecule has 2 unspecified atom stereocenters. The lowest BCUT2D eigenvalue weighted by atomic mass is 9.83. The minimum absolute atomic E-state index is 0.225. The van der Waals surface area contributed by atoms with Gasteiger partial charge in [0.2, 0.25) is 0 Å². The second kappa shape index (κ2) is 6.35. The summed E-state index contributed by atoms with van der Waals surface area (Å²) in [6.45, 7) is 0.840. The summed E-state index contributed by atoms with van der Waals surface area (Å²) in [5.41, 5.74) is -0.345. The number of hydrogen-bond acceptors (Lipinski definition) is 3.